The van der Waals surface area contributed by atoms with Gasteiger partial charge >= 0.3 is 0 Å². The van der Waals surface area contributed by atoms with Crippen molar-refractivity contribution in [2.45, 2.75) is 18.9 Å². The Bertz CT molecular complexity index is 517. The Hall–Kier alpha value is -1.53. The Labute approximate surface area is 109 Å². The second kappa shape index (κ2) is 4.99. The molecule has 1 fully saturated rings. The molecule has 2 aromatic rings. The molecule has 0 bridgehead atoms. The summed E-state index contributed by atoms with van der Waals surface area (Å²) in [5, 5.41) is 12.1. The van der Waals surface area contributed by atoms with Gasteiger partial charge in [0.05, 0.1) is 12.6 Å². The topological polar surface area (TPSA) is 62.1 Å². The number of aliphatic hydroxyl groups is 1. The first-order chi connectivity index (χ1) is 8.88. The molecule has 0 amide bonds. The van der Waals surface area contributed by atoms with E-state index in [9.17, 15) is 5.11 Å². The molecule has 6 heteroatoms. The molecular formula is C12H14N4OS. The van der Waals surface area contributed by atoms with Crippen LogP contribution >= 0.6 is 11.3 Å². The predicted molar refractivity (Wildman–Crippen MR) is 70.6 cm³/mol. The second-order valence-electron chi connectivity index (χ2n) is 4.25. The average molecular weight is 262 g/mol. The highest BCUT2D eigenvalue weighted by atomic mass is 32.1. The Morgan fingerprint density at radius 2 is 2.33 bits per heavy atom. The van der Waals surface area contributed by atoms with Crippen LogP contribution in [-0.4, -0.2) is 39.3 Å². The highest BCUT2D eigenvalue weighted by Gasteiger charge is 2.25. The van der Waals surface area contributed by atoms with Gasteiger partial charge in [-0.05, 0) is 18.9 Å². The van der Waals surface area contributed by atoms with Gasteiger partial charge in [-0.1, -0.05) is 0 Å². The highest BCUT2D eigenvalue weighted by Crippen LogP contribution is 2.25. The van der Waals surface area contributed by atoms with Crippen molar-refractivity contribution >= 4 is 17.2 Å². The van der Waals surface area contributed by atoms with Crippen LogP contribution in [0.4, 0.5) is 5.82 Å². The molecule has 18 heavy (non-hydrogen) atoms. The van der Waals surface area contributed by atoms with Crippen molar-refractivity contribution in [1.82, 2.24) is 15.0 Å². The summed E-state index contributed by atoms with van der Waals surface area (Å²) in [7, 11) is 0. The van der Waals surface area contributed by atoms with Gasteiger partial charge in [-0.2, -0.15) is 0 Å². The van der Waals surface area contributed by atoms with Crippen molar-refractivity contribution in [1.29, 1.82) is 0 Å². The molecule has 3 rings (SSSR count). The molecule has 1 atom stereocenters. The van der Waals surface area contributed by atoms with Crippen LogP contribution < -0.4 is 4.90 Å². The van der Waals surface area contributed by atoms with Crippen LogP contribution in [0.2, 0.25) is 0 Å². The molecule has 2 aromatic heterocycles. The fraction of sp³-hybridized carbons (Fsp3) is 0.417. The molecule has 0 aromatic carbocycles. The Kier molecular flexibility index (Phi) is 3.21. The van der Waals surface area contributed by atoms with E-state index in [1.54, 1.807) is 12.4 Å². The first kappa shape index (κ1) is 11.6. The molecule has 3 heterocycles. The van der Waals surface area contributed by atoms with Gasteiger partial charge in [0, 0.05) is 24.3 Å². The van der Waals surface area contributed by atoms with Gasteiger partial charge in [0.2, 0.25) is 0 Å². The summed E-state index contributed by atoms with van der Waals surface area (Å²) in [4.78, 5) is 15.2. The molecule has 0 unspecified atom stereocenters. The van der Waals surface area contributed by atoms with Crippen LogP contribution in [0.3, 0.4) is 0 Å². The molecule has 0 radical (unpaired) electrons. The molecule has 1 N–H and O–H groups in total. The number of hydrogen-bond acceptors (Lipinski definition) is 6. The third kappa shape index (κ3) is 2.09. The number of thiazole rings is 1. The molecule has 0 spiro atoms. The maximum absolute atomic E-state index is 9.36. The molecule has 0 aliphatic carbocycles. The van der Waals surface area contributed by atoms with Gasteiger partial charge < -0.3 is 10.0 Å². The van der Waals surface area contributed by atoms with Gasteiger partial charge in [0.15, 0.2) is 10.8 Å². The summed E-state index contributed by atoms with van der Waals surface area (Å²) in [5.74, 6) is 1.54. The Balaban J connectivity index is 1.91. The van der Waals surface area contributed by atoms with Crippen molar-refractivity contribution in [3.63, 3.8) is 0 Å². The van der Waals surface area contributed by atoms with Gasteiger partial charge in [-0.25, -0.2) is 15.0 Å². The fourth-order valence-electron chi connectivity index (χ4n) is 2.27. The van der Waals surface area contributed by atoms with Crippen molar-refractivity contribution in [3.8, 4) is 10.8 Å². The van der Waals surface area contributed by atoms with Crippen molar-refractivity contribution < 1.29 is 5.11 Å². The smallest absolute Gasteiger partial charge is 0.190 e. The number of anilines is 1. The molecule has 1 aliphatic rings. The average Bonchev–Trinajstić information content (AvgIpc) is 3.10. The number of aliphatic hydroxyl groups excluding tert-OH is 1. The van der Waals surface area contributed by atoms with Crippen LogP contribution in [0.25, 0.3) is 10.8 Å². The summed E-state index contributed by atoms with van der Waals surface area (Å²) >= 11 is 1.53. The fourth-order valence-corrected chi connectivity index (χ4v) is 2.85. The lowest BCUT2D eigenvalue weighted by molar-refractivity contribution is 0.266. The monoisotopic (exact) mass is 262 g/mol. The van der Waals surface area contributed by atoms with E-state index in [-0.39, 0.29) is 12.6 Å². The first-order valence-corrected chi connectivity index (χ1v) is 6.87. The van der Waals surface area contributed by atoms with E-state index < -0.39 is 0 Å². The minimum Gasteiger partial charge on any atom is -0.394 e. The number of hydrogen-bond donors (Lipinski definition) is 1. The van der Waals surface area contributed by atoms with E-state index in [1.807, 2.05) is 11.4 Å². The van der Waals surface area contributed by atoms with Gasteiger partial charge in [0.25, 0.3) is 0 Å². The standard InChI is InChI=1S/C12H14N4OS/c17-8-9-2-1-6-16(9)10-3-4-13-11(15-10)12-14-5-7-18-12/h3-5,7,9,17H,1-2,6,8H2/t9-/m0/s1. The number of rotatable bonds is 3. The Morgan fingerprint density at radius 1 is 1.39 bits per heavy atom. The number of aromatic nitrogens is 3. The zero-order valence-corrected chi connectivity index (χ0v) is 10.7. The Morgan fingerprint density at radius 3 is 3.11 bits per heavy atom. The first-order valence-electron chi connectivity index (χ1n) is 5.99. The lowest BCUT2D eigenvalue weighted by Gasteiger charge is -2.23. The normalized spacial score (nSPS) is 19.4. The van der Waals surface area contributed by atoms with Crippen LogP contribution in [0.1, 0.15) is 12.8 Å². The van der Waals surface area contributed by atoms with Crippen molar-refractivity contribution in [2.24, 2.45) is 0 Å². The molecular weight excluding hydrogens is 248 g/mol. The van der Waals surface area contributed by atoms with E-state index in [2.05, 4.69) is 19.9 Å². The van der Waals surface area contributed by atoms with E-state index in [0.717, 1.165) is 30.2 Å². The van der Waals surface area contributed by atoms with Crippen molar-refractivity contribution in [3.05, 3.63) is 23.8 Å². The SMILES string of the molecule is OC[C@@H]1CCCN1c1ccnc(-c2nccs2)n1. The van der Waals surface area contributed by atoms with Crippen LogP contribution in [-0.2, 0) is 0 Å². The zero-order valence-electron chi connectivity index (χ0n) is 9.86. The molecule has 5 nitrogen and oxygen atoms in total. The number of nitrogens with zero attached hydrogens (tertiary/aromatic N) is 4. The summed E-state index contributed by atoms with van der Waals surface area (Å²) in [6, 6.07) is 2.08. The van der Waals surface area contributed by atoms with E-state index in [1.165, 1.54) is 11.3 Å². The van der Waals surface area contributed by atoms with Crippen LogP contribution in [0, 0.1) is 0 Å². The predicted octanol–water partition coefficient (Wildman–Crippen LogP) is 1.56. The maximum Gasteiger partial charge on any atom is 0.190 e. The highest BCUT2D eigenvalue weighted by molar-refractivity contribution is 7.12. The van der Waals surface area contributed by atoms with Crippen LogP contribution in [0.15, 0.2) is 23.8 Å². The molecule has 1 saturated heterocycles. The zero-order chi connectivity index (χ0) is 12.4. The molecule has 1 aliphatic heterocycles. The molecule has 94 valence electrons. The van der Waals surface area contributed by atoms with E-state index in [4.69, 9.17) is 0 Å². The van der Waals surface area contributed by atoms with Crippen LogP contribution in [0.5, 0.6) is 0 Å². The largest absolute Gasteiger partial charge is 0.394 e. The quantitative estimate of drug-likeness (QED) is 0.909. The summed E-state index contributed by atoms with van der Waals surface area (Å²) in [5.41, 5.74) is 0. The van der Waals surface area contributed by atoms with E-state index >= 15 is 0 Å². The molecule has 0 saturated carbocycles. The summed E-state index contributed by atoms with van der Waals surface area (Å²) in [6.45, 7) is 1.12. The van der Waals surface area contributed by atoms with Gasteiger partial charge in [0.1, 0.15) is 5.82 Å². The third-order valence-electron chi connectivity index (χ3n) is 3.15. The second-order valence-corrected chi connectivity index (χ2v) is 5.14. The maximum atomic E-state index is 9.36. The van der Waals surface area contributed by atoms with Crippen molar-refractivity contribution in [2.75, 3.05) is 18.1 Å². The third-order valence-corrected chi connectivity index (χ3v) is 3.92. The minimum atomic E-state index is 0.177. The summed E-state index contributed by atoms with van der Waals surface area (Å²) in [6.07, 6.45) is 5.63. The minimum absolute atomic E-state index is 0.177. The van der Waals surface area contributed by atoms with Gasteiger partial charge in [-0.3, -0.25) is 0 Å². The lowest BCUT2D eigenvalue weighted by atomic mass is 10.2. The van der Waals surface area contributed by atoms with Gasteiger partial charge in [-0.15, -0.1) is 11.3 Å². The van der Waals surface area contributed by atoms with E-state index in [0.29, 0.717) is 5.82 Å². The lowest BCUT2D eigenvalue weighted by Crippen LogP contribution is -2.32. The summed E-state index contributed by atoms with van der Waals surface area (Å²) < 4.78 is 0.